The summed E-state index contributed by atoms with van der Waals surface area (Å²) in [6.45, 7) is 2.69. The van der Waals surface area contributed by atoms with Crippen molar-refractivity contribution in [2.24, 2.45) is 0 Å². The van der Waals surface area contributed by atoms with Gasteiger partial charge in [-0.05, 0) is 83.3 Å². The van der Waals surface area contributed by atoms with Crippen molar-refractivity contribution in [3.8, 4) is 11.1 Å². The van der Waals surface area contributed by atoms with Crippen molar-refractivity contribution in [2.75, 3.05) is 11.3 Å². The first kappa shape index (κ1) is 24.9. The van der Waals surface area contributed by atoms with Gasteiger partial charge in [-0.1, -0.05) is 36.4 Å². The van der Waals surface area contributed by atoms with Gasteiger partial charge in [-0.25, -0.2) is 18.4 Å². The molecule has 10 heteroatoms. The van der Waals surface area contributed by atoms with Crippen LogP contribution >= 0.6 is 0 Å². The van der Waals surface area contributed by atoms with E-state index in [1.54, 1.807) is 18.2 Å². The summed E-state index contributed by atoms with van der Waals surface area (Å²) in [5, 5.41) is 4.68. The maximum absolute atomic E-state index is 13.6. The van der Waals surface area contributed by atoms with E-state index >= 15 is 0 Å². The van der Waals surface area contributed by atoms with Crippen molar-refractivity contribution < 1.29 is 21.6 Å². The van der Waals surface area contributed by atoms with Gasteiger partial charge in [0.1, 0.15) is 12.1 Å². The molecule has 37 heavy (non-hydrogen) atoms. The van der Waals surface area contributed by atoms with Crippen LogP contribution in [0.25, 0.3) is 27.5 Å². The van der Waals surface area contributed by atoms with E-state index in [-0.39, 0.29) is 16.8 Å². The Morgan fingerprint density at radius 1 is 1.00 bits per heavy atom. The van der Waals surface area contributed by atoms with Crippen LogP contribution < -0.4 is 10.0 Å². The fraction of sp³-hybridized carbons (Fsp3) is 0.185. The first-order valence-electron chi connectivity index (χ1n) is 11.6. The molecule has 1 aromatic heterocycles. The largest absolute Gasteiger partial charge is 0.416 e. The van der Waals surface area contributed by atoms with Crippen molar-refractivity contribution in [1.29, 1.82) is 0 Å². The van der Waals surface area contributed by atoms with Gasteiger partial charge >= 0.3 is 6.18 Å². The minimum absolute atomic E-state index is 0.0382. The Bertz CT molecular complexity index is 1600. The molecule has 4 aromatic rings. The van der Waals surface area contributed by atoms with Crippen LogP contribution in [0.2, 0.25) is 0 Å². The summed E-state index contributed by atoms with van der Waals surface area (Å²) in [7, 11) is -3.92. The molecule has 2 N–H and O–H groups in total. The number of hydrogen-bond acceptors (Lipinski definition) is 5. The second kappa shape index (κ2) is 9.60. The lowest BCUT2D eigenvalue weighted by molar-refractivity contribution is -0.137. The highest BCUT2D eigenvalue weighted by Crippen LogP contribution is 2.40. The molecular formula is C27H23F3N4O2S. The minimum atomic E-state index is -4.47. The van der Waals surface area contributed by atoms with Crippen molar-refractivity contribution in [1.82, 2.24) is 15.3 Å². The van der Waals surface area contributed by atoms with Crippen LogP contribution in [0.3, 0.4) is 0 Å². The highest BCUT2D eigenvalue weighted by atomic mass is 32.2. The van der Waals surface area contributed by atoms with Crippen molar-refractivity contribution in [3.05, 3.63) is 90.4 Å². The fourth-order valence-electron chi connectivity index (χ4n) is 4.56. The lowest BCUT2D eigenvalue weighted by Gasteiger charge is -2.25. The van der Waals surface area contributed by atoms with Gasteiger partial charge in [-0.2, -0.15) is 13.2 Å². The van der Waals surface area contributed by atoms with Gasteiger partial charge in [0.25, 0.3) is 10.0 Å². The van der Waals surface area contributed by atoms with Crippen LogP contribution in [-0.4, -0.2) is 31.0 Å². The van der Waals surface area contributed by atoms with E-state index in [0.717, 1.165) is 23.6 Å². The Balaban J connectivity index is 1.63. The molecule has 0 spiro atoms. The van der Waals surface area contributed by atoms with Crippen LogP contribution in [0, 0.1) is 0 Å². The van der Waals surface area contributed by atoms with Gasteiger partial charge in [0, 0.05) is 12.2 Å². The zero-order valence-electron chi connectivity index (χ0n) is 19.8. The zero-order valence-corrected chi connectivity index (χ0v) is 20.6. The molecule has 0 saturated carbocycles. The van der Waals surface area contributed by atoms with Crippen LogP contribution in [0.15, 0.2) is 84.2 Å². The average molecular weight is 525 g/mol. The number of sulfonamides is 1. The van der Waals surface area contributed by atoms with E-state index in [4.69, 9.17) is 0 Å². The Morgan fingerprint density at radius 3 is 2.57 bits per heavy atom. The normalized spacial score (nSPS) is 16.4. The van der Waals surface area contributed by atoms with Crippen LogP contribution in [0.1, 0.15) is 24.5 Å². The molecule has 190 valence electrons. The number of fused-ring (bicyclic) bond motifs is 1. The van der Waals surface area contributed by atoms with E-state index in [0.29, 0.717) is 28.5 Å². The van der Waals surface area contributed by atoms with E-state index in [1.807, 2.05) is 19.1 Å². The number of nitrogens with one attached hydrogen (secondary N) is 2. The maximum atomic E-state index is 13.6. The molecule has 1 aliphatic rings. The highest BCUT2D eigenvalue weighted by Gasteiger charge is 2.32. The predicted octanol–water partition coefficient (Wildman–Crippen LogP) is 5.88. The molecule has 0 saturated heterocycles. The minimum Gasteiger partial charge on any atom is -0.310 e. The molecule has 0 radical (unpaired) electrons. The van der Waals surface area contributed by atoms with E-state index in [2.05, 4.69) is 20.0 Å². The molecule has 2 heterocycles. The maximum Gasteiger partial charge on any atom is 0.416 e. The molecule has 1 atom stereocenters. The van der Waals surface area contributed by atoms with Gasteiger partial charge in [0.2, 0.25) is 0 Å². The first-order valence-corrected chi connectivity index (χ1v) is 13.1. The molecule has 0 bridgehead atoms. The van der Waals surface area contributed by atoms with Gasteiger partial charge in [0.15, 0.2) is 0 Å². The molecule has 0 aliphatic carbocycles. The summed E-state index contributed by atoms with van der Waals surface area (Å²) in [6.07, 6.45) is 0.889. The highest BCUT2D eigenvalue weighted by molar-refractivity contribution is 7.92. The quantitative estimate of drug-likeness (QED) is 0.341. The van der Waals surface area contributed by atoms with Crippen molar-refractivity contribution in [3.63, 3.8) is 0 Å². The molecule has 0 fully saturated rings. The summed E-state index contributed by atoms with van der Waals surface area (Å²) in [6, 6.07) is 15.2. The summed E-state index contributed by atoms with van der Waals surface area (Å²) in [4.78, 5) is 7.71. The Kier molecular flexibility index (Phi) is 6.47. The number of alkyl halides is 3. The van der Waals surface area contributed by atoms with E-state index in [1.165, 1.54) is 42.9 Å². The van der Waals surface area contributed by atoms with Crippen LogP contribution in [-0.2, 0) is 16.2 Å². The van der Waals surface area contributed by atoms with Gasteiger partial charge in [-0.3, -0.25) is 4.72 Å². The summed E-state index contributed by atoms with van der Waals surface area (Å²) in [5.74, 6) is 0.140. The third kappa shape index (κ3) is 5.07. The number of halogens is 3. The summed E-state index contributed by atoms with van der Waals surface area (Å²) in [5.41, 5.74) is 1.96. The molecule has 6 nitrogen and oxygen atoms in total. The summed E-state index contributed by atoms with van der Waals surface area (Å²) < 4.78 is 69.2. The van der Waals surface area contributed by atoms with Crippen molar-refractivity contribution in [2.45, 2.75) is 30.5 Å². The van der Waals surface area contributed by atoms with Crippen LogP contribution in [0.4, 0.5) is 19.0 Å². The third-order valence-electron chi connectivity index (χ3n) is 6.36. The lowest BCUT2D eigenvalue weighted by Crippen LogP contribution is -2.31. The second-order valence-corrected chi connectivity index (χ2v) is 10.5. The van der Waals surface area contributed by atoms with Gasteiger partial charge in [0.05, 0.1) is 10.5 Å². The topological polar surface area (TPSA) is 84.0 Å². The number of aromatic nitrogens is 2. The standard InChI is InChI=1S/C27H23F3N4O2S/c1-17-21(6-3-12-32-17)25-15-19(27(28,29)30)7-9-24(25)23-5-2-4-18-14-20(8-10-22(18)23)37(35,36)34-26-11-13-31-16-33-26/h2,4-11,13-17,32H,3,12H2,1H3,(H,31,33,34). The number of hydrogen-bond donors (Lipinski definition) is 2. The number of nitrogens with zero attached hydrogens (tertiary/aromatic N) is 2. The lowest BCUT2D eigenvalue weighted by atomic mass is 9.86. The zero-order chi connectivity index (χ0) is 26.2. The van der Waals surface area contributed by atoms with Crippen molar-refractivity contribution >= 4 is 32.2 Å². The van der Waals surface area contributed by atoms with Gasteiger partial charge < -0.3 is 5.32 Å². The Morgan fingerprint density at radius 2 is 1.84 bits per heavy atom. The Labute approximate surface area is 212 Å². The van der Waals surface area contributed by atoms with E-state index < -0.39 is 21.8 Å². The monoisotopic (exact) mass is 524 g/mol. The first-order chi connectivity index (χ1) is 17.6. The summed E-state index contributed by atoms with van der Waals surface area (Å²) >= 11 is 0. The van der Waals surface area contributed by atoms with Crippen LogP contribution in [0.5, 0.6) is 0 Å². The molecular weight excluding hydrogens is 501 g/mol. The molecule has 3 aromatic carbocycles. The molecule has 1 aliphatic heterocycles. The molecule has 0 amide bonds. The Hall–Kier alpha value is -3.76. The third-order valence-corrected chi connectivity index (χ3v) is 7.71. The number of benzene rings is 3. The fourth-order valence-corrected chi connectivity index (χ4v) is 5.61. The SMILES string of the molecule is CC1NCCC=C1c1cc(C(F)(F)F)ccc1-c1cccc2cc(S(=O)(=O)Nc3ccncn3)ccc12. The van der Waals surface area contributed by atoms with Gasteiger partial charge in [-0.15, -0.1) is 0 Å². The number of anilines is 1. The van der Waals surface area contributed by atoms with E-state index in [9.17, 15) is 21.6 Å². The number of rotatable bonds is 5. The predicted molar refractivity (Wildman–Crippen MR) is 137 cm³/mol. The molecule has 1 unspecified atom stereocenters. The molecule has 5 rings (SSSR count). The average Bonchev–Trinajstić information content (AvgIpc) is 2.88. The smallest absolute Gasteiger partial charge is 0.310 e. The second-order valence-electron chi connectivity index (χ2n) is 8.77.